The lowest BCUT2D eigenvalue weighted by molar-refractivity contribution is -0.448. The van der Waals surface area contributed by atoms with E-state index >= 15 is 0 Å². The number of hydroxylamine groups is 1. The van der Waals surface area contributed by atoms with E-state index < -0.39 is 5.97 Å². The molecule has 1 aliphatic rings. The smallest absolute Gasteiger partial charge is 0.400 e. The maximum atomic E-state index is 11.5. The van der Waals surface area contributed by atoms with E-state index in [0.29, 0.717) is 13.0 Å². The molecule has 4 nitrogen and oxygen atoms in total. The standard InChI is InChI=1S/C12H13NO3/c14-12(11-7-4-8-13(11)15)16-9-10-5-2-1-3-6-10/h1-3,5-6H,4,7-9H2. The Balaban J connectivity index is 1.92. The zero-order chi connectivity index (χ0) is 11.4. The van der Waals surface area contributed by atoms with Crippen molar-refractivity contribution >= 4 is 11.7 Å². The highest BCUT2D eigenvalue weighted by atomic mass is 16.5. The molecule has 0 aliphatic carbocycles. The maximum Gasteiger partial charge on any atom is 0.400 e. The van der Waals surface area contributed by atoms with Crippen molar-refractivity contribution in [1.29, 1.82) is 0 Å². The molecule has 84 valence electrons. The van der Waals surface area contributed by atoms with Crippen molar-refractivity contribution < 1.29 is 14.3 Å². The molecular formula is C12H13NO3. The van der Waals surface area contributed by atoms with Crippen molar-refractivity contribution in [1.82, 2.24) is 0 Å². The monoisotopic (exact) mass is 219 g/mol. The third kappa shape index (κ3) is 2.39. The molecule has 0 amide bonds. The van der Waals surface area contributed by atoms with Gasteiger partial charge in [-0.2, -0.15) is 0 Å². The summed E-state index contributed by atoms with van der Waals surface area (Å²) in [6, 6.07) is 9.41. The molecule has 1 aromatic rings. The average molecular weight is 219 g/mol. The number of rotatable bonds is 3. The fourth-order valence-electron chi connectivity index (χ4n) is 1.66. The van der Waals surface area contributed by atoms with Crippen LogP contribution in [0.15, 0.2) is 30.3 Å². The van der Waals surface area contributed by atoms with Crippen molar-refractivity contribution in [3.63, 3.8) is 0 Å². The summed E-state index contributed by atoms with van der Waals surface area (Å²) in [5.74, 6) is -0.489. The van der Waals surface area contributed by atoms with Crippen molar-refractivity contribution in [3.8, 4) is 0 Å². The molecule has 0 radical (unpaired) electrons. The van der Waals surface area contributed by atoms with Gasteiger partial charge < -0.3 is 9.94 Å². The first-order valence-electron chi connectivity index (χ1n) is 5.29. The first kappa shape index (κ1) is 10.7. The summed E-state index contributed by atoms with van der Waals surface area (Å²) in [4.78, 5) is 11.5. The van der Waals surface area contributed by atoms with Crippen molar-refractivity contribution in [2.75, 3.05) is 6.54 Å². The Labute approximate surface area is 93.7 Å². The number of nitrogens with zero attached hydrogens (tertiary/aromatic N) is 1. The number of hydrogen-bond acceptors (Lipinski definition) is 3. The zero-order valence-corrected chi connectivity index (χ0v) is 8.89. The van der Waals surface area contributed by atoms with Gasteiger partial charge in [0.15, 0.2) is 6.54 Å². The molecule has 0 fully saturated rings. The summed E-state index contributed by atoms with van der Waals surface area (Å²) in [5.41, 5.74) is 1.17. The van der Waals surface area contributed by atoms with E-state index in [1.807, 2.05) is 30.3 Å². The summed E-state index contributed by atoms with van der Waals surface area (Å²) in [5, 5.41) is 11.2. The summed E-state index contributed by atoms with van der Waals surface area (Å²) in [6.45, 7) is 0.618. The van der Waals surface area contributed by atoms with Gasteiger partial charge in [0.05, 0.1) is 0 Å². The fourth-order valence-corrected chi connectivity index (χ4v) is 1.66. The van der Waals surface area contributed by atoms with E-state index in [4.69, 9.17) is 4.74 Å². The second-order valence-electron chi connectivity index (χ2n) is 3.71. The predicted octanol–water partition coefficient (Wildman–Crippen LogP) is 1.47. The van der Waals surface area contributed by atoms with Crippen molar-refractivity contribution in [2.45, 2.75) is 19.4 Å². The lowest BCUT2D eigenvalue weighted by Gasteiger charge is -2.04. The number of esters is 1. The Morgan fingerprint density at radius 2 is 2.12 bits per heavy atom. The van der Waals surface area contributed by atoms with Gasteiger partial charge in [0.1, 0.15) is 6.61 Å². The molecule has 0 N–H and O–H groups in total. The highest BCUT2D eigenvalue weighted by Crippen LogP contribution is 2.07. The summed E-state index contributed by atoms with van der Waals surface area (Å²) >= 11 is 0. The lowest BCUT2D eigenvalue weighted by Crippen LogP contribution is -2.21. The quantitative estimate of drug-likeness (QED) is 0.439. The second kappa shape index (κ2) is 4.79. The van der Waals surface area contributed by atoms with Gasteiger partial charge in [-0.1, -0.05) is 30.3 Å². The summed E-state index contributed by atoms with van der Waals surface area (Å²) in [6.07, 6.45) is 1.26. The number of carbonyl (C=O) groups is 1. The maximum absolute atomic E-state index is 11.5. The van der Waals surface area contributed by atoms with Crippen LogP contribution in [0.5, 0.6) is 0 Å². The molecular weight excluding hydrogens is 206 g/mol. The summed E-state index contributed by atoms with van der Waals surface area (Å²) < 4.78 is 5.79. The molecule has 0 unspecified atom stereocenters. The highest BCUT2D eigenvalue weighted by molar-refractivity contribution is 6.34. The van der Waals surface area contributed by atoms with Crippen molar-refractivity contribution in [3.05, 3.63) is 41.1 Å². The van der Waals surface area contributed by atoms with Crippen LogP contribution in [0.3, 0.4) is 0 Å². The first-order valence-corrected chi connectivity index (χ1v) is 5.29. The highest BCUT2D eigenvalue weighted by Gasteiger charge is 2.26. The zero-order valence-electron chi connectivity index (χ0n) is 8.89. The third-order valence-electron chi connectivity index (χ3n) is 2.52. The molecule has 0 atom stereocenters. The van der Waals surface area contributed by atoms with Crippen LogP contribution in [-0.4, -0.2) is 23.0 Å². The van der Waals surface area contributed by atoms with Gasteiger partial charge in [-0.3, -0.25) is 0 Å². The molecule has 0 bridgehead atoms. The van der Waals surface area contributed by atoms with Crippen LogP contribution in [0, 0.1) is 5.21 Å². The molecule has 1 heterocycles. The largest absolute Gasteiger partial charge is 0.623 e. The second-order valence-corrected chi connectivity index (χ2v) is 3.71. The molecule has 16 heavy (non-hydrogen) atoms. The SMILES string of the molecule is O=C(OCc1ccccc1)C1=[N+]([O-])CCC1. The van der Waals surface area contributed by atoms with E-state index in [-0.39, 0.29) is 12.3 Å². The Morgan fingerprint density at radius 3 is 2.75 bits per heavy atom. The number of ether oxygens (including phenoxy) is 1. The van der Waals surface area contributed by atoms with Crippen LogP contribution < -0.4 is 0 Å². The van der Waals surface area contributed by atoms with Crippen LogP contribution in [-0.2, 0) is 16.1 Å². The third-order valence-corrected chi connectivity index (χ3v) is 2.52. The van der Waals surface area contributed by atoms with E-state index in [0.717, 1.165) is 16.7 Å². The van der Waals surface area contributed by atoms with Gasteiger partial charge >= 0.3 is 5.97 Å². The topological polar surface area (TPSA) is 52.4 Å². The molecule has 0 spiro atoms. The van der Waals surface area contributed by atoms with Gasteiger partial charge in [0, 0.05) is 12.8 Å². The predicted molar refractivity (Wildman–Crippen MR) is 59.0 cm³/mol. The van der Waals surface area contributed by atoms with Crippen LogP contribution in [0.1, 0.15) is 18.4 Å². The van der Waals surface area contributed by atoms with Gasteiger partial charge in [-0.25, -0.2) is 9.53 Å². The molecule has 1 aromatic carbocycles. The van der Waals surface area contributed by atoms with Crippen molar-refractivity contribution in [2.24, 2.45) is 0 Å². The lowest BCUT2D eigenvalue weighted by atomic mass is 10.2. The molecule has 0 saturated carbocycles. The van der Waals surface area contributed by atoms with Gasteiger partial charge in [0.2, 0.25) is 0 Å². The van der Waals surface area contributed by atoms with Crippen LogP contribution >= 0.6 is 0 Å². The minimum Gasteiger partial charge on any atom is -0.623 e. The fraction of sp³-hybridized carbons (Fsp3) is 0.333. The van der Waals surface area contributed by atoms with E-state index in [1.54, 1.807) is 0 Å². The Hall–Kier alpha value is -1.84. The molecule has 4 heteroatoms. The molecule has 2 rings (SSSR count). The molecule has 0 aromatic heterocycles. The number of carbonyl (C=O) groups excluding carboxylic acids is 1. The van der Waals surface area contributed by atoms with Gasteiger partial charge in [0.25, 0.3) is 5.71 Å². The van der Waals surface area contributed by atoms with E-state index in [1.165, 1.54) is 0 Å². The summed E-state index contributed by atoms with van der Waals surface area (Å²) in [7, 11) is 0. The Morgan fingerprint density at radius 1 is 1.38 bits per heavy atom. The molecule has 1 aliphatic heterocycles. The van der Waals surface area contributed by atoms with E-state index in [9.17, 15) is 10.0 Å². The van der Waals surface area contributed by atoms with Crippen LogP contribution in [0.2, 0.25) is 0 Å². The van der Waals surface area contributed by atoms with Gasteiger partial charge in [-0.15, -0.1) is 0 Å². The Bertz CT molecular complexity index is 412. The first-order chi connectivity index (χ1) is 7.77. The average Bonchev–Trinajstić information content (AvgIpc) is 2.74. The number of benzene rings is 1. The molecule has 0 saturated heterocycles. The van der Waals surface area contributed by atoms with Crippen LogP contribution in [0.4, 0.5) is 0 Å². The normalized spacial score (nSPS) is 15.2. The van der Waals surface area contributed by atoms with Gasteiger partial charge in [-0.05, 0) is 5.56 Å². The number of hydrogen-bond donors (Lipinski definition) is 0. The minimum absolute atomic E-state index is 0.219. The van der Waals surface area contributed by atoms with Crippen LogP contribution in [0.25, 0.3) is 0 Å². The van der Waals surface area contributed by atoms with E-state index in [2.05, 4.69) is 0 Å². The Kier molecular flexibility index (Phi) is 3.19. The minimum atomic E-state index is -0.489.